The lowest BCUT2D eigenvalue weighted by molar-refractivity contribution is -0.142. The summed E-state index contributed by atoms with van der Waals surface area (Å²) in [5.41, 5.74) is 3.97. The quantitative estimate of drug-likeness (QED) is 0.786. The Morgan fingerprint density at radius 2 is 2.05 bits per heavy atom. The summed E-state index contributed by atoms with van der Waals surface area (Å²) in [5, 5.41) is 8.70. The second kappa shape index (κ2) is 5.99. The number of carbonyl (C=O) groups is 1. The van der Waals surface area contributed by atoms with Gasteiger partial charge in [0.05, 0.1) is 11.0 Å². The number of aromatic nitrogens is 2. The summed E-state index contributed by atoms with van der Waals surface area (Å²) in [6.45, 7) is 1.84. The van der Waals surface area contributed by atoms with E-state index in [-0.39, 0.29) is 13.2 Å². The fraction of sp³-hybridized carbons (Fsp3) is 0.176. The highest BCUT2D eigenvalue weighted by atomic mass is 16.5. The van der Waals surface area contributed by atoms with Gasteiger partial charge in [-0.05, 0) is 36.8 Å². The van der Waals surface area contributed by atoms with Crippen LogP contribution < -0.4 is 0 Å². The van der Waals surface area contributed by atoms with Crippen LogP contribution in [-0.4, -0.2) is 27.2 Å². The minimum absolute atomic E-state index is 0.148. The normalized spacial score (nSPS) is 11.0. The summed E-state index contributed by atoms with van der Waals surface area (Å²) < 4.78 is 7.22. The lowest BCUT2D eigenvalue weighted by Gasteiger charge is -2.10. The maximum atomic E-state index is 10.6. The van der Waals surface area contributed by atoms with Crippen molar-refractivity contribution < 1.29 is 14.6 Å². The van der Waals surface area contributed by atoms with E-state index in [0.29, 0.717) is 5.82 Å². The molecule has 1 heterocycles. The number of nitrogens with zero attached hydrogens (tertiary/aromatic N) is 2. The minimum Gasteiger partial charge on any atom is -0.480 e. The number of aryl methyl sites for hydroxylation is 1. The molecule has 0 aliphatic heterocycles. The Hall–Kier alpha value is -2.66. The SMILES string of the molecule is Cc1cccc(-n2c(COCC(=O)O)nc3ccccc32)c1. The van der Waals surface area contributed by atoms with E-state index in [2.05, 4.69) is 11.1 Å². The Labute approximate surface area is 127 Å². The zero-order valence-corrected chi connectivity index (χ0v) is 12.2. The molecule has 0 saturated carbocycles. The number of fused-ring (bicyclic) bond motifs is 1. The van der Waals surface area contributed by atoms with Crippen LogP contribution in [0.5, 0.6) is 0 Å². The fourth-order valence-electron chi connectivity index (χ4n) is 2.46. The Morgan fingerprint density at radius 3 is 2.82 bits per heavy atom. The van der Waals surface area contributed by atoms with Gasteiger partial charge < -0.3 is 9.84 Å². The Bertz CT molecular complexity index is 824. The van der Waals surface area contributed by atoms with Gasteiger partial charge in [0.15, 0.2) is 0 Å². The first-order chi connectivity index (χ1) is 10.6. The molecule has 0 aliphatic carbocycles. The standard InChI is InChI=1S/C17H16N2O3/c1-12-5-4-6-13(9-12)19-15-8-3-2-7-14(15)18-16(19)10-22-11-17(20)21/h2-9H,10-11H2,1H3,(H,20,21). The minimum atomic E-state index is -0.988. The van der Waals surface area contributed by atoms with Crippen LogP contribution in [0, 0.1) is 6.92 Å². The molecule has 0 amide bonds. The molecular formula is C17H16N2O3. The van der Waals surface area contributed by atoms with Gasteiger partial charge in [-0.15, -0.1) is 0 Å². The summed E-state index contributed by atoms with van der Waals surface area (Å²) in [5.74, 6) is -0.300. The maximum Gasteiger partial charge on any atom is 0.329 e. The molecule has 1 aromatic heterocycles. The predicted molar refractivity (Wildman–Crippen MR) is 83.1 cm³/mol. The van der Waals surface area contributed by atoms with E-state index >= 15 is 0 Å². The number of rotatable bonds is 5. The lowest BCUT2D eigenvalue weighted by atomic mass is 10.2. The number of hydrogen-bond acceptors (Lipinski definition) is 3. The third kappa shape index (κ3) is 2.84. The first-order valence-electron chi connectivity index (χ1n) is 6.98. The second-order valence-corrected chi connectivity index (χ2v) is 5.08. The van der Waals surface area contributed by atoms with E-state index < -0.39 is 5.97 Å². The molecule has 0 fully saturated rings. The molecule has 0 bridgehead atoms. The molecule has 2 aromatic carbocycles. The van der Waals surface area contributed by atoms with Crippen LogP contribution >= 0.6 is 0 Å². The molecular weight excluding hydrogens is 280 g/mol. The Morgan fingerprint density at radius 1 is 1.23 bits per heavy atom. The fourth-order valence-corrected chi connectivity index (χ4v) is 2.46. The Balaban J connectivity index is 2.07. The van der Waals surface area contributed by atoms with Crippen molar-refractivity contribution in [2.45, 2.75) is 13.5 Å². The van der Waals surface area contributed by atoms with Crippen LogP contribution in [0.15, 0.2) is 48.5 Å². The van der Waals surface area contributed by atoms with Crippen LogP contribution in [0.2, 0.25) is 0 Å². The highest BCUT2D eigenvalue weighted by molar-refractivity contribution is 5.78. The van der Waals surface area contributed by atoms with E-state index in [0.717, 1.165) is 22.3 Å². The number of imidazole rings is 1. The van der Waals surface area contributed by atoms with Gasteiger partial charge in [0.25, 0.3) is 0 Å². The third-order valence-corrected chi connectivity index (χ3v) is 3.35. The molecule has 22 heavy (non-hydrogen) atoms. The zero-order chi connectivity index (χ0) is 15.5. The first-order valence-corrected chi connectivity index (χ1v) is 6.98. The van der Waals surface area contributed by atoms with Crippen molar-refractivity contribution in [1.82, 2.24) is 9.55 Å². The molecule has 0 spiro atoms. The van der Waals surface area contributed by atoms with Crippen LogP contribution in [0.25, 0.3) is 16.7 Å². The number of carboxylic acids is 1. The van der Waals surface area contributed by atoms with Crippen molar-refractivity contribution in [3.63, 3.8) is 0 Å². The molecule has 0 radical (unpaired) electrons. The summed E-state index contributed by atoms with van der Waals surface area (Å²) in [6, 6.07) is 15.9. The molecule has 5 nitrogen and oxygen atoms in total. The summed E-state index contributed by atoms with van der Waals surface area (Å²) in [7, 11) is 0. The molecule has 0 atom stereocenters. The molecule has 112 valence electrons. The number of para-hydroxylation sites is 2. The van der Waals surface area contributed by atoms with E-state index in [9.17, 15) is 4.79 Å². The Kier molecular flexibility index (Phi) is 3.89. The van der Waals surface area contributed by atoms with Gasteiger partial charge in [0, 0.05) is 5.69 Å². The van der Waals surface area contributed by atoms with E-state index in [4.69, 9.17) is 9.84 Å². The molecule has 3 rings (SSSR count). The van der Waals surface area contributed by atoms with Crippen molar-refractivity contribution in [2.75, 3.05) is 6.61 Å². The molecule has 0 saturated heterocycles. The van der Waals surface area contributed by atoms with E-state index in [1.165, 1.54) is 0 Å². The molecule has 5 heteroatoms. The van der Waals surface area contributed by atoms with Crippen molar-refractivity contribution in [2.24, 2.45) is 0 Å². The van der Waals surface area contributed by atoms with Gasteiger partial charge in [-0.25, -0.2) is 9.78 Å². The number of hydrogen-bond donors (Lipinski definition) is 1. The van der Waals surface area contributed by atoms with Crippen LogP contribution in [0.4, 0.5) is 0 Å². The summed E-state index contributed by atoms with van der Waals surface area (Å²) in [6.07, 6.45) is 0. The summed E-state index contributed by atoms with van der Waals surface area (Å²) in [4.78, 5) is 15.2. The molecule has 3 aromatic rings. The number of aliphatic carboxylic acids is 1. The molecule has 0 unspecified atom stereocenters. The van der Waals surface area contributed by atoms with Crippen molar-refractivity contribution in [1.29, 1.82) is 0 Å². The van der Waals surface area contributed by atoms with Crippen molar-refractivity contribution in [3.05, 3.63) is 59.9 Å². The highest BCUT2D eigenvalue weighted by Gasteiger charge is 2.12. The zero-order valence-electron chi connectivity index (χ0n) is 12.2. The largest absolute Gasteiger partial charge is 0.480 e. The molecule has 1 N–H and O–H groups in total. The number of ether oxygens (including phenoxy) is 1. The van der Waals surface area contributed by atoms with Gasteiger partial charge in [-0.2, -0.15) is 0 Å². The third-order valence-electron chi connectivity index (χ3n) is 3.35. The van der Waals surface area contributed by atoms with Gasteiger partial charge in [0.1, 0.15) is 19.0 Å². The van der Waals surface area contributed by atoms with Crippen molar-refractivity contribution in [3.8, 4) is 5.69 Å². The lowest BCUT2D eigenvalue weighted by Crippen LogP contribution is -2.10. The van der Waals surface area contributed by atoms with Gasteiger partial charge in [-0.1, -0.05) is 24.3 Å². The van der Waals surface area contributed by atoms with Crippen LogP contribution in [0.3, 0.4) is 0 Å². The maximum absolute atomic E-state index is 10.6. The average molecular weight is 296 g/mol. The number of benzene rings is 2. The first kappa shape index (κ1) is 14.3. The van der Waals surface area contributed by atoms with E-state index in [1.54, 1.807) is 0 Å². The second-order valence-electron chi connectivity index (χ2n) is 5.08. The smallest absolute Gasteiger partial charge is 0.329 e. The predicted octanol–water partition coefficient (Wildman–Crippen LogP) is 2.94. The highest BCUT2D eigenvalue weighted by Crippen LogP contribution is 2.22. The summed E-state index contributed by atoms with van der Waals surface area (Å²) >= 11 is 0. The van der Waals surface area contributed by atoms with Crippen LogP contribution in [-0.2, 0) is 16.1 Å². The van der Waals surface area contributed by atoms with Gasteiger partial charge in [-0.3, -0.25) is 4.57 Å². The topological polar surface area (TPSA) is 64.3 Å². The van der Waals surface area contributed by atoms with E-state index in [1.807, 2.05) is 54.0 Å². The average Bonchev–Trinajstić information content (AvgIpc) is 2.85. The number of carboxylic acid groups (broad SMARTS) is 1. The van der Waals surface area contributed by atoms with Gasteiger partial charge >= 0.3 is 5.97 Å². The molecule has 0 aliphatic rings. The monoisotopic (exact) mass is 296 g/mol. The van der Waals surface area contributed by atoms with Crippen molar-refractivity contribution >= 4 is 17.0 Å². The van der Waals surface area contributed by atoms with Crippen LogP contribution in [0.1, 0.15) is 11.4 Å². The van der Waals surface area contributed by atoms with Gasteiger partial charge in [0.2, 0.25) is 0 Å².